The predicted octanol–water partition coefficient (Wildman–Crippen LogP) is 5.22. The van der Waals surface area contributed by atoms with Gasteiger partial charge in [-0.05, 0) is 42.7 Å². The van der Waals surface area contributed by atoms with Gasteiger partial charge in [0.15, 0.2) is 0 Å². The maximum absolute atomic E-state index is 5.76. The highest BCUT2D eigenvalue weighted by Crippen LogP contribution is 2.21. The van der Waals surface area contributed by atoms with E-state index in [0.717, 1.165) is 37.2 Å². The first-order valence-corrected chi connectivity index (χ1v) is 7.16. The topological polar surface area (TPSA) is 9.23 Å². The number of rotatable bonds is 5. The van der Waals surface area contributed by atoms with Crippen molar-refractivity contribution in [2.75, 3.05) is 0 Å². The van der Waals surface area contributed by atoms with Crippen LogP contribution in [-0.4, -0.2) is 0 Å². The van der Waals surface area contributed by atoms with E-state index in [4.69, 9.17) is 4.74 Å². The Morgan fingerprint density at radius 1 is 0.800 bits per heavy atom. The highest BCUT2D eigenvalue weighted by molar-refractivity contribution is 5.33. The second-order valence-corrected chi connectivity index (χ2v) is 4.66. The van der Waals surface area contributed by atoms with Crippen LogP contribution < -0.4 is 4.74 Å². The molecule has 0 fully saturated rings. The molecule has 0 atom stereocenters. The van der Waals surface area contributed by atoms with Crippen LogP contribution in [0, 0.1) is 11.8 Å². The van der Waals surface area contributed by atoms with Gasteiger partial charge in [0.1, 0.15) is 11.5 Å². The van der Waals surface area contributed by atoms with Gasteiger partial charge >= 0.3 is 0 Å². The van der Waals surface area contributed by atoms with Crippen LogP contribution in [0.25, 0.3) is 0 Å². The Balaban J connectivity index is 1.86. The molecule has 0 heterocycles. The number of benzene rings is 2. The van der Waals surface area contributed by atoms with Crippen molar-refractivity contribution in [3.8, 4) is 23.3 Å². The van der Waals surface area contributed by atoms with E-state index in [-0.39, 0.29) is 0 Å². The van der Waals surface area contributed by atoms with Crippen molar-refractivity contribution in [1.82, 2.24) is 0 Å². The van der Waals surface area contributed by atoms with Gasteiger partial charge in [0.05, 0.1) is 0 Å². The number of ether oxygens (including phenoxy) is 1. The Bertz CT molecular complexity index is 558. The average Bonchev–Trinajstić information content (AvgIpc) is 2.50. The first-order valence-electron chi connectivity index (χ1n) is 7.16. The molecule has 2 rings (SSSR count). The van der Waals surface area contributed by atoms with Crippen LogP contribution in [0.2, 0.25) is 0 Å². The van der Waals surface area contributed by atoms with Gasteiger partial charge in [0.2, 0.25) is 0 Å². The summed E-state index contributed by atoms with van der Waals surface area (Å²) in [5.74, 6) is 8.12. The van der Waals surface area contributed by atoms with Gasteiger partial charge < -0.3 is 4.74 Å². The summed E-state index contributed by atoms with van der Waals surface area (Å²) in [6.45, 7) is 2.15. The van der Waals surface area contributed by atoms with Crippen LogP contribution in [0.5, 0.6) is 11.5 Å². The number of aryl methyl sites for hydroxylation is 1. The van der Waals surface area contributed by atoms with Gasteiger partial charge in [-0.3, -0.25) is 0 Å². The normalized spacial score (nSPS) is 9.65. The highest BCUT2D eigenvalue weighted by Gasteiger charge is 1.97. The van der Waals surface area contributed by atoms with Crippen molar-refractivity contribution >= 4 is 0 Å². The third kappa shape index (κ3) is 4.82. The number of unbranched alkanes of at least 4 members (excludes halogenated alkanes) is 1. The zero-order valence-corrected chi connectivity index (χ0v) is 11.9. The number of para-hydroxylation sites is 1. The molecule has 0 amide bonds. The van der Waals surface area contributed by atoms with E-state index >= 15 is 0 Å². The molecule has 0 spiro atoms. The molecular formula is C19H20O. The molecule has 0 N–H and O–H groups in total. The van der Waals surface area contributed by atoms with Gasteiger partial charge in [0, 0.05) is 12.8 Å². The van der Waals surface area contributed by atoms with Crippen LogP contribution in [-0.2, 0) is 6.42 Å². The molecule has 0 unspecified atom stereocenters. The highest BCUT2D eigenvalue weighted by atomic mass is 16.5. The summed E-state index contributed by atoms with van der Waals surface area (Å²) < 4.78 is 5.76. The zero-order chi connectivity index (χ0) is 14.0. The molecule has 0 aliphatic carbocycles. The number of hydrogen-bond donors (Lipinski definition) is 0. The quantitative estimate of drug-likeness (QED) is 0.673. The molecule has 20 heavy (non-hydrogen) atoms. The van der Waals surface area contributed by atoms with E-state index in [1.54, 1.807) is 0 Å². The predicted molar refractivity (Wildman–Crippen MR) is 84.0 cm³/mol. The lowest BCUT2D eigenvalue weighted by atomic mass is 10.1. The fourth-order valence-electron chi connectivity index (χ4n) is 1.86. The average molecular weight is 264 g/mol. The van der Waals surface area contributed by atoms with Crippen molar-refractivity contribution in [1.29, 1.82) is 0 Å². The molecule has 1 heteroatoms. The minimum absolute atomic E-state index is 0.866. The molecule has 2 aromatic rings. The molecule has 0 saturated carbocycles. The lowest BCUT2D eigenvalue weighted by molar-refractivity contribution is 0.482. The monoisotopic (exact) mass is 264 g/mol. The van der Waals surface area contributed by atoms with Gasteiger partial charge in [-0.1, -0.05) is 37.3 Å². The van der Waals surface area contributed by atoms with E-state index in [2.05, 4.69) is 30.9 Å². The van der Waals surface area contributed by atoms with Gasteiger partial charge in [-0.25, -0.2) is 0 Å². The van der Waals surface area contributed by atoms with Crippen molar-refractivity contribution in [2.24, 2.45) is 0 Å². The Morgan fingerprint density at radius 3 is 2.15 bits per heavy atom. The molecule has 0 aliphatic rings. The Morgan fingerprint density at radius 2 is 1.45 bits per heavy atom. The molecule has 102 valence electrons. The van der Waals surface area contributed by atoms with Crippen molar-refractivity contribution < 1.29 is 4.74 Å². The number of hydrogen-bond acceptors (Lipinski definition) is 1. The summed E-state index contributed by atoms with van der Waals surface area (Å²) in [6.07, 6.45) is 4.07. The summed E-state index contributed by atoms with van der Waals surface area (Å²) >= 11 is 0. The third-order valence-corrected chi connectivity index (χ3v) is 2.94. The van der Waals surface area contributed by atoms with Crippen molar-refractivity contribution in [2.45, 2.75) is 32.6 Å². The maximum atomic E-state index is 5.76. The van der Waals surface area contributed by atoms with E-state index in [1.165, 1.54) is 5.56 Å². The summed E-state index contributed by atoms with van der Waals surface area (Å²) in [7, 11) is 0. The van der Waals surface area contributed by atoms with Crippen LogP contribution in [0.4, 0.5) is 0 Å². The smallest absolute Gasteiger partial charge is 0.127 e. The standard InChI is InChI=1S/C19H20O/c1-2-3-4-5-7-10-17-13-15-19(16-14-17)20-18-11-8-6-9-12-18/h6,8-9,11-16H,2-3,7,10H2,1H3. The molecule has 1 nitrogen and oxygen atoms in total. The lowest BCUT2D eigenvalue weighted by Crippen LogP contribution is -1.86. The summed E-state index contributed by atoms with van der Waals surface area (Å²) in [4.78, 5) is 0. The summed E-state index contributed by atoms with van der Waals surface area (Å²) in [6, 6.07) is 18.1. The molecule has 2 aromatic carbocycles. The van der Waals surface area contributed by atoms with Crippen molar-refractivity contribution in [3.63, 3.8) is 0 Å². The second-order valence-electron chi connectivity index (χ2n) is 4.66. The molecule has 0 aliphatic heterocycles. The van der Waals surface area contributed by atoms with Crippen LogP contribution >= 0.6 is 0 Å². The molecule has 0 saturated heterocycles. The molecule has 0 aromatic heterocycles. The SMILES string of the molecule is CCCC#CCCc1ccc(Oc2ccccc2)cc1. The summed E-state index contributed by atoms with van der Waals surface area (Å²) in [5.41, 5.74) is 1.30. The van der Waals surface area contributed by atoms with Gasteiger partial charge in [-0.15, -0.1) is 11.8 Å². The fraction of sp³-hybridized carbons (Fsp3) is 0.263. The van der Waals surface area contributed by atoms with E-state index in [0.29, 0.717) is 0 Å². The largest absolute Gasteiger partial charge is 0.457 e. The van der Waals surface area contributed by atoms with Gasteiger partial charge in [0.25, 0.3) is 0 Å². The van der Waals surface area contributed by atoms with E-state index < -0.39 is 0 Å². The zero-order valence-electron chi connectivity index (χ0n) is 11.9. The Kier molecular flexibility index (Phi) is 5.73. The van der Waals surface area contributed by atoms with Crippen LogP contribution in [0.1, 0.15) is 31.7 Å². The third-order valence-electron chi connectivity index (χ3n) is 2.94. The van der Waals surface area contributed by atoms with Crippen LogP contribution in [0.15, 0.2) is 54.6 Å². The maximum Gasteiger partial charge on any atom is 0.127 e. The Labute approximate surface area is 121 Å². The molecule has 0 bridgehead atoms. The Hall–Kier alpha value is -2.20. The van der Waals surface area contributed by atoms with Gasteiger partial charge in [-0.2, -0.15) is 0 Å². The molecule has 0 radical (unpaired) electrons. The molecular weight excluding hydrogens is 244 g/mol. The van der Waals surface area contributed by atoms with E-state index in [1.807, 2.05) is 42.5 Å². The second kappa shape index (κ2) is 8.07. The first-order chi connectivity index (χ1) is 9.88. The van der Waals surface area contributed by atoms with Crippen molar-refractivity contribution in [3.05, 3.63) is 60.2 Å². The fourth-order valence-corrected chi connectivity index (χ4v) is 1.86. The first kappa shape index (κ1) is 14.2. The summed E-state index contributed by atoms with van der Waals surface area (Å²) in [5, 5.41) is 0. The minimum atomic E-state index is 0.866. The minimum Gasteiger partial charge on any atom is -0.457 e. The van der Waals surface area contributed by atoms with E-state index in [9.17, 15) is 0 Å². The van der Waals surface area contributed by atoms with Crippen LogP contribution in [0.3, 0.4) is 0 Å². The lowest BCUT2D eigenvalue weighted by Gasteiger charge is -2.06.